The summed E-state index contributed by atoms with van der Waals surface area (Å²) in [6.45, 7) is 0. The van der Waals surface area contributed by atoms with Crippen LogP contribution in [0.15, 0.2) is 65.6 Å². The summed E-state index contributed by atoms with van der Waals surface area (Å²) in [6.07, 6.45) is 4.95. The highest BCUT2D eigenvalue weighted by molar-refractivity contribution is 7.92. The molecule has 3 aliphatic rings. The monoisotopic (exact) mass is 424 g/mol. The Labute approximate surface area is 174 Å². The molecule has 0 radical (unpaired) electrons. The molecule has 2 aromatic carbocycles. The number of benzene rings is 2. The van der Waals surface area contributed by atoms with Gasteiger partial charge in [-0.3, -0.25) is 19.2 Å². The summed E-state index contributed by atoms with van der Waals surface area (Å²) in [7, 11) is -2.40. The highest BCUT2D eigenvalue weighted by Gasteiger charge is 2.59. The molecule has 7 nitrogen and oxygen atoms in total. The van der Waals surface area contributed by atoms with E-state index in [9.17, 15) is 18.0 Å². The molecular formula is C22H20N2O5S. The van der Waals surface area contributed by atoms with Gasteiger partial charge in [0.1, 0.15) is 5.75 Å². The van der Waals surface area contributed by atoms with Crippen LogP contribution in [0.1, 0.15) is 6.42 Å². The van der Waals surface area contributed by atoms with Gasteiger partial charge in [-0.25, -0.2) is 8.42 Å². The van der Waals surface area contributed by atoms with E-state index >= 15 is 0 Å². The number of imide groups is 1. The number of rotatable bonds is 5. The highest BCUT2D eigenvalue weighted by atomic mass is 32.2. The number of anilines is 2. The Morgan fingerprint density at radius 1 is 0.933 bits per heavy atom. The quantitative estimate of drug-likeness (QED) is 0.589. The molecule has 1 unspecified atom stereocenters. The molecule has 8 heteroatoms. The van der Waals surface area contributed by atoms with E-state index in [-0.39, 0.29) is 40.4 Å². The first-order chi connectivity index (χ1) is 14.4. The van der Waals surface area contributed by atoms with Crippen molar-refractivity contribution in [2.45, 2.75) is 11.3 Å². The number of carbonyl (C=O) groups excluding carboxylic acids is 2. The molecule has 1 saturated heterocycles. The average Bonchev–Trinajstić information content (AvgIpc) is 3.42. The van der Waals surface area contributed by atoms with Crippen LogP contribution in [0.2, 0.25) is 0 Å². The van der Waals surface area contributed by atoms with E-state index < -0.39 is 10.0 Å². The smallest absolute Gasteiger partial charge is 0.262 e. The lowest BCUT2D eigenvalue weighted by Crippen LogP contribution is -2.32. The van der Waals surface area contributed by atoms with E-state index in [2.05, 4.69) is 4.72 Å². The molecule has 2 aliphatic carbocycles. The Morgan fingerprint density at radius 3 is 2.13 bits per heavy atom. The third-order valence-corrected chi connectivity index (χ3v) is 7.61. The van der Waals surface area contributed by atoms with E-state index in [1.807, 2.05) is 12.2 Å². The van der Waals surface area contributed by atoms with Crippen LogP contribution in [0.5, 0.6) is 5.75 Å². The molecule has 1 saturated carbocycles. The summed E-state index contributed by atoms with van der Waals surface area (Å²) in [4.78, 5) is 27.1. The molecule has 4 atom stereocenters. The minimum absolute atomic E-state index is 0.0261. The Hall–Kier alpha value is -3.13. The number of allylic oxidation sites excluding steroid dienone is 2. The van der Waals surface area contributed by atoms with Crippen molar-refractivity contribution >= 4 is 33.2 Å². The fourth-order valence-corrected chi connectivity index (χ4v) is 5.93. The second kappa shape index (κ2) is 6.70. The Bertz CT molecular complexity index is 1140. The van der Waals surface area contributed by atoms with Crippen molar-refractivity contribution in [3.05, 3.63) is 60.7 Å². The number of hydrogen-bond acceptors (Lipinski definition) is 5. The van der Waals surface area contributed by atoms with Crippen molar-refractivity contribution in [3.63, 3.8) is 0 Å². The first-order valence-corrected chi connectivity index (χ1v) is 11.2. The van der Waals surface area contributed by atoms with Gasteiger partial charge in [-0.15, -0.1) is 0 Å². The number of methoxy groups -OCH3 is 1. The Kier molecular flexibility index (Phi) is 4.21. The number of fused-ring (bicyclic) bond motifs is 5. The molecule has 2 fully saturated rings. The molecule has 1 heterocycles. The number of sulfonamides is 1. The van der Waals surface area contributed by atoms with Crippen molar-refractivity contribution in [2.24, 2.45) is 23.7 Å². The fraction of sp³-hybridized carbons (Fsp3) is 0.273. The first-order valence-electron chi connectivity index (χ1n) is 9.73. The van der Waals surface area contributed by atoms with Crippen LogP contribution in [0.25, 0.3) is 0 Å². The zero-order valence-electron chi connectivity index (χ0n) is 16.2. The van der Waals surface area contributed by atoms with Crippen molar-refractivity contribution in [1.82, 2.24) is 0 Å². The van der Waals surface area contributed by atoms with Gasteiger partial charge in [-0.1, -0.05) is 24.3 Å². The summed E-state index contributed by atoms with van der Waals surface area (Å²) in [5.41, 5.74) is 0.722. The van der Waals surface area contributed by atoms with Gasteiger partial charge in [0, 0.05) is 0 Å². The van der Waals surface area contributed by atoms with Gasteiger partial charge in [0.05, 0.1) is 35.2 Å². The third-order valence-electron chi connectivity index (χ3n) is 6.23. The number of hydrogen-bond donors (Lipinski definition) is 1. The second-order valence-electron chi connectivity index (χ2n) is 7.81. The molecule has 0 aromatic heterocycles. The normalized spacial score (nSPS) is 26.9. The van der Waals surface area contributed by atoms with Crippen LogP contribution in [0.4, 0.5) is 11.4 Å². The van der Waals surface area contributed by atoms with Gasteiger partial charge in [0.15, 0.2) is 0 Å². The molecule has 2 amide bonds. The van der Waals surface area contributed by atoms with Crippen molar-refractivity contribution in [1.29, 1.82) is 0 Å². The number of nitrogens with one attached hydrogen (secondary N) is 1. The lowest BCUT2D eigenvalue weighted by Gasteiger charge is -2.18. The maximum atomic E-state index is 12.9. The largest absolute Gasteiger partial charge is 0.495 e. The Morgan fingerprint density at radius 2 is 1.53 bits per heavy atom. The van der Waals surface area contributed by atoms with E-state index in [4.69, 9.17) is 4.74 Å². The number of ether oxygens (including phenoxy) is 1. The number of carbonyl (C=O) groups is 2. The molecule has 1 aliphatic heterocycles. The van der Waals surface area contributed by atoms with Gasteiger partial charge in [0.2, 0.25) is 11.8 Å². The third kappa shape index (κ3) is 2.74. The topological polar surface area (TPSA) is 92.8 Å². The Balaban J connectivity index is 1.40. The van der Waals surface area contributed by atoms with Crippen LogP contribution in [0.3, 0.4) is 0 Å². The molecule has 30 heavy (non-hydrogen) atoms. The summed E-state index contributed by atoms with van der Waals surface area (Å²) < 4.78 is 33.2. The van der Waals surface area contributed by atoms with Crippen molar-refractivity contribution in [3.8, 4) is 5.75 Å². The van der Waals surface area contributed by atoms with Gasteiger partial charge in [0.25, 0.3) is 10.0 Å². The van der Waals surface area contributed by atoms with Crippen molar-refractivity contribution < 1.29 is 22.7 Å². The molecule has 5 rings (SSSR count). The lowest BCUT2D eigenvalue weighted by molar-refractivity contribution is -0.123. The SMILES string of the molecule is COc1ccccc1NS(=O)(=O)c1ccc(N2C(=O)[C@@H]3[C@H](C2=O)C2C=C[C@H]3C2)cc1. The van der Waals surface area contributed by atoms with E-state index in [1.54, 1.807) is 24.3 Å². The van der Waals surface area contributed by atoms with Crippen LogP contribution >= 0.6 is 0 Å². The van der Waals surface area contributed by atoms with Crippen molar-refractivity contribution in [2.75, 3.05) is 16.7 Å². The van der Waals surface area contributed by atoms with E-state index in [1.165, 1.54) is 36.3 Å². The average molecular weight is 424 g/mol. The summed E-state index contributed by atoms with van der Waals surface area (Å²) in [5, 5.41) is 0. The summed E-state index contributed by atoms with van der Waals surface area (Å²) >= 11 is 0. The zero-order chi connectivity index (χ0) is 21.0. The molecule has 1 N–H and O–H groups in total. The van der Waals surface area contributed by atoms with Crippen LogP contribution in [-0.4, -0.2) is 27.3 Å². The van der Waals surface area contributed by atoms with E-state index in [0.717, 1.165) is 6.42 Å². The van der Waals surface area contributed by atoms with Crippen LogP contribution in [0, 0.1) is 23.7 Å². The fourth-order valence-electron chi connectivity index (χ4n) is 4.86. The summed E-state index contributed by atoms with van der Waals surface area (Å²) in [5.74, 6) is -0.293. The van der Waals surface area contributed by atoms with Gasteiger partial charge < -0.3 is 4.74 Å². The number of amides is 2. The second-order valence-corrected chi connectivity index (χ2v) is 9.49. The zero-order valence-corrected chi connectivity index (χ0v) is 17.0. The minimum Gasteiger partial charge on any atom is -0.495 e. The molecule has 2 bridgehead atoms. The van der Waals surface area contributed by atoms with Gasteiger partial charge >= 0.3 is 0 Å². The number of para-hydroxylation sites is 2. The van der Waals surface area contributed by atoms with E-state index in [0.29, 0.717) is 17.1 Å². The maximum Gasteiger partial charge on any atom is 0.262 e. The predicted molar refractivity (Wildman–Crippen MR) is 110 cm³/mol. The van der Waals surface area contributed by atoms with Gasteiger partial charge in [-0.05, 0) is 54.7 Å². The molecular weight excluding hydrogens is 404 g/mol. The van der Waals surface area contributed by atoms with Gasteiger partial charge in [-0.2, -0.15) is 0 Å². The highest BCUT2D eigenvalue weighted by Crippen LogP contribution is 2.53. The number of nitrogens with zero attached hydrogens (tertiary/aromatic N) is 1. The predicted octanol–water partition coefficient (Wildman–Crippen LogP) is 2.81. The maximum absolute atomic E-state index is 12.9. The standard InChI is InChI=1S/C22H20N2O5S/c1-29-18-5-3-2-4-17(18)23-30(27,28)16-10-8-15(9-11-16)24-21(25)19-13-6-7-14(12-13)20(19)22(24)26/h2-11,13-14,19-20,23H,12H2,1H3/t13-,14?,19-,20+/m0/s1. The lowest BCUT2D eigenvalue weighted by atomic mass is 9.85. The summed E-state index contributed by atoms with van der Waals surface area (Å²) in [6, 6.07) is 12.5. The molecule has 0 spiro atoms. The van der Waals surface area contributed by atoms with Crippen LogP contribution in [-0.2, 0) is 19.6 Å². The molecule has 2 aromatic rings. The molecule has 154 valence electrons. The van der Waals surface area contributed by atoms with Crippen LogP contribution < -0.4 is 14.4 Å². The minimum atomic E-state index is -3.86. The first kappa shape index (κ1) is 18.9.